The molecule has 0 saturated carbocycles. The second-order valence-corrected chi connectivity index (χ2v) is 6.83. The summed E-state index contributed by atoms with van der Waals surface area (Å²) in [5.74, 6) is 0. The minimum atomic E-state index is -0.132. The summed E-state index contributed by atoms with van der Waals surface area (Å²) in [5.41, 5.74) is 2.16. The molecule has 26 heavy (non-hydrogen) atoms. The number of rotatable bonds is 4. The lowest BCUT2D eigenvalue weighted by Gasteiger charge is -2.17. The zero-order chi connectivity index (χ0) is 17.8. The minimum absolute atomic E-state index is 0.132. The van der Waals surface area contributed by atoms with Gasteiger partial charge in [-0.1, -0.05) is 66.7 Å². The Morgan fingerprint density at radius 3 is 2.62 bits per heavy atom. The first-order valence-electron chi connectivity index (χ1n) is 9.09. The van der Waals surface area contributed by atoms with Crippen LogP contribution in [0.5, 0.6) is 0 Å². The van der Waals surface area contributed by atoms with Crippen molar-refractivity contribution in [3.05, 3.63) is 78.4 Å². The zero-order valence-corrected chi connectivity index (χ0v) is 14.7. The summed E-state index contributed by atoms with van der Waals surface area (Å²) >= 11 is 0. The van der Waals surface area contributed by atoms with E-state index in [2.05, 4.69) is 51.9 Å². The van der Waals surface area contributed by atoms with Gasteiger partial charge in [0.2, 0.25) is 0 Å². The predicted octanol–water partition coefficient (Wildman–Crippen LogP) is 4.24. The van der Waals surface area contributed by atoms with Crippen LogP contribution in [0.25, 0.3) is 10.8 Å². The molecule has 0 bridgehead atoms. The molecule has 132 valence electrons. The van der Waals surface area contributed by atoms with Gasteiger partial charge in [0, 0.05) is 31.1 Å². The molecule has 1 aliphatic rings. The molecule has 4 nitrogen and oxygen atoms in total. The van der Waals surface area contributed by atoms with Gasteiger partial charge >= 0.3 is 6.03 Å². The van der Waals surface area contributed by atoms with Gasteiger partial charge in [0.05, 0.1) is 5.69 Å². The van der Waals surface area contributed by atoms with E-state index >= 15 is 0 Å². The Morgan fingerprint density at radius 2 is 1.73 bits per heavy atom. The first-order valence-corrected chi connectivity index (χ1v) is 9.09. The number of hydrogen-bond donors (Lipinski definition) is 2. The first kappa shape index (κ1) is 16.6. The van der Waals surface area contributed by atoms with Crippen molar-refractivity contribution in [3.63, 3.8) is 0 Å². The quantitative estimate of drug-likeness (QED) is 0.743. The molecule has 2 N–H and O–H groups in total. The molecule has 0 spiro atoms. The minimum Gasteiger partial charge on any atom is -0.334 e. The molecule has 0 aromatic heterocycles. The van der Waals surface area contributed by atoms with E-state index in [0.29, 0.717) is 0 Å². The smallest absolute Gasteiger partial charge is 0.319 e. The number of nitrogens with zero attached hydrogens (tertiary/aromatic N) is 1. The summed E-state index contributed by atoms with van der Waals surface area (Å²) in [6.07, 6.45) is 0.982. The highest BCUT2D eigenvalue weighted by Crippen LogP contribution is 2.23. The number of fused-ring (bicyclic) bond motifs is 1. The topological polar surface area (TPSA) is 44.4 Å². The molecule has 3 aromatic carbocycles. The number of carbonyl (C=O) groups excluding carboxylic acids is 1. The second kappa shape index (κ2) is 7.58. The molecule has 4 heteroatoms. The Morgan fingerprint density at radius 1 is 0.962 bits per heavy atom. The van der Waals surface area contributed by atoms with Gasteiger partial charge in [-0.15, -0.1) is 0 Å². The molecule has 1 saturated heterocycles. The molecule has 4 rings (SSSR count). The molecule has 1 fully saturated rings. The molecule has 1 aliphatic heterocycles. The molecule has 1 unspecified atom stereocenters. The third kappa shape index (κ3) is 3.86. The van der Waals surface area contributed by atoms with E-state index in [4.69, 9.17) is 0 Å². The molecule has 3 aromatic rings. The van der Waals surface area contributed by atoms with E-state index in [0.717, 1.165) is 42.5 Å². The number of carbonyl (C=O) groups is 1. The van der Waals surface area contributed by atoms with Gasteiger partial charge in [0.1, 0.15) is 0 Å². The van der Waals surface area contributed by atoms with Crippen LogP contribution in [-0.2, 0) is 6.54 Å². The van der Waals surface area contributed by atoms with E-state index in [1.165, 1.54) is 5.56 Å². The second-order valence-electron chi connectivity index (χ2n) is 6.83. The van der Waals surface area contributed by atoms with E-state index < -0.39 is 0 Å². The summed E-state index contributed by atoms with van der Waals surface area (Å²) < 4.78 is 0. The van der Waals surface area contributed by atoms with Gasteiger partial charge in [0.15, 0.2) is 0 Å². The Kier molecular flexibility index (Phi) is 4.84. The summed E-state index contributed by atoms with van der Waals surface area (Å²) in [4.78, 5) is 14.8. The highest BCUT2D eigenvalue weighted by Gasteiger charge is 2.23. The fourth-order valence-corrected chi connectivity index (χ4v) is 3.61. The maximum atomic E-state index is 12.4. The van der Waals surface area contributed by atoms with E-state index in [1.807, 2.05) is 36.4 Å². The van der Waals surface area contributed by atoms with Crippen molar-refractivity contribution in [2.24, 2.45) is 0 Å². The van der Waals surface area contributed by atoms with Gasteiger partial charge in [-0.2, -0.15) is 0 Å². The number of hydrogen-bond acceptors (Lipinski definition) is 2. The predicted molar refractivity (Wildman–Crippen MR) is 106 cm³/mol. The maximum Gasteiger partial charge on any atom is 0.319 e. The van der Waals surface area contributed by atoms with Crippen molar-refractivity contribution in [1.82, 2.24) is 10.2 Å². The average molecular weight is 345 g/mol. The Hall–Kier alpha value is -2.85. The van der Waals surface area contributed by atoms with Gasteiger partial charge < -0.3 is 10.6 Å². The fraction of sp³-hybridized carbons (Fsp3) is 0.227. The Balaban J connectivity index is 1.34. The molecular weight excluding hydrogens is 322 g/mol. The average Bonchev–Trinajstić information content (AvgIpc) is 3.09. The number of anilines is 1. The fourth-order valence-electron chi connectivity index (χ4n) is 3.61. The van der Waals surface area contributed by atoms with E-state index in [9.17, 15) is 4.79 Å². The lowest BCUT2D eigenvalue weighted by molar-refractivity contribution is 0.247. The monoisotopic (exact) mass is 345 g/mol. The van der Waals surface area contributed by atoms with Crippen LogP contribution in [0.3, 0.4) is 0 Å². The standard InChI is InChI=1S/C22H23N3O/c26-22(24-21-12-6-10-18-9-4-5-11-20(18)21)23-19-13-14-25(16-19)15-17-7-2-1-3-8-17/h1-12,19H,13-16H2,(H2,23,24,26). The lowest BCUT2D eigenvalue weighted by Crippen LogP contribution is -2.39. The first-order chi connectivity index (χ1) is 12.8. The third-order valence-corrected chi connectivity index (χ3v) is 4.89. The normalized spacial score (nSPS) is 17.3. The summed E-state index contributed by atoms with van der Waals surface area (Å²) in [7, 11) is 0. The molecule has 1 atom stereocenters. The SMILES string of the molecule is O=C(Nc1cccc2ccccc12)NC1CCN(Cc2ccccc2)C1. The van der Waals surface area contributed by atoms with Crippen LogP contribution in [0.1, 0.15) is 12.0 Å². The number of urea groups is 1. The summed E-state index contributed by atoms with van der Waals surface area (Å²) in [6, 6.07) is 24.6. The van der Waals surface area contributed by atoms with Crippen LogP contribution in [0, 0.1) is 0 Å². The van der Waals surface area contributed by atoms with Crippen molar-refractivity contribution in [3.8, 4) is 0 Å². The maximum absolute atomic E-state index is 12.4. The molecular formula is C22H23N3O. The zero-order valence-electron chi connectivity index (χ0n) is 14.7. The Bertz CT molecular complexity index is 889. The molecule has 2 amide bonds. The number of likely N-dealkylation sites (tertiary alicyclic amines) is 1. The van der Waals surface area contributed by atoms with Crippen LogP contribution < -0.4 is 10.6 Å². The van der Waals surface area contributed by atoms with E-state index in [-0.39, 0.29) is 12.1 Å². The van der Waals surface area contributed by atoms with Crippen molar-refractivity contribution in [1.29, 1.82) is 0 Å². The summed E-state index contributed by atoms with van der Waals surface area (Å²) in [6.45, 7) is 2.83. The van der Waals surface area contributed by atoms with Gasteiger partial charge in [-0.25, -0.2) is 4.79 Å². The largest absolute Gasteiger partial charge is 0.334 e. The van der Waals surface area contributed by atoms with Crippen LogP contribution in [0.4, 0.5) is 10.5 Å². The number of amides is 2. The van der Waals surface area contributed by atoms with Crippen LogP contribution in [0.15, 0.2) is 72.8 Å². The van der Waals surface area contributed by atoms with Crippen molar-refractivity contribution < 1.29 is 4.79 Å². The third-order valence-electron chi connectivity index (χ3n) is 4.89. The van der Waals surface area contributed by atoms with Gasteiger partial charge in [-0.3, -0.25) is 4.90 Å². The number of benzene rings is 3. The van der Waals surface area contributed by atoms with Crippen molar-refractivity contribution in [2.75, 3.05) is 18.4 Å². The molecule has 0 radical (unpaired) electrons. The van der Waals surface area contributed by atoms with Gasteiger partial charge in [0.25, 0.3) is 0 Å². The van der Waals surface area contributed by atoms with Crippen molar-refractivity contribution in [2.45, 2.75) is 19.0 Å². The highest BCUT2D eigenvalue weighted by atomic mass is 16.2. The lowest BCUT2D eigenvalue weighted by atomic mass is 10.1. The van der Waals surface area contributed by atoms with Crippen LogP contribution >= 0.6 is 0 Å². The van der Waals surface area contributed by atoms with Crippen LogP contribution in [0.2, 0.25) is 0 Å². The molecule has 1 heterocycles. The van der Waals surface area contributed by atoms with Crippen LogP contribution in [-0.4, -0.2) is 30.1 Å². The Labute approximate surface area is 153 Å². The van der Waals surface area contributed by atoms with Crippen molar-refractivity contribution >= 4 is 22.5 Å². The highest BCUT2D eigenvalue weighted by molar-refractivity contribution is 6.01. The van der Waals surface area contributed by atoms with Gasteiger partial charge in [-0.05, 0) is 23.4 Å². The number of nitrogens with one attached hydrogen (secondary N) is 2. The summed E-state index contributed by atoms with van der Waals surface area (Å²) in [5, 5.41) is 8.31. The molecule has 0 aliphatic carbocycles. The van der Waals surface area contributed by atoms with E-state index in [1.54, 1.807) is 0 Å².